The molecule has 0 fully saturated rings. The van der Waals surface area contributed by atoms with Crippen LogP contribution in [0.3, 0.4) is 0 Å². The summed E-state index contributed by atoms with van der Waals surface area (Å²) >= 11 is 0. The molecule has 3 aromatic carbocycles. The van der Waals surface area contributed by atoms with Gasteiger partial charge in [-0.3, -0.25) is 19.2 Å². The van der Waals surface area contributed by atoms with Gasteiger partial charge in [0.1, 0.15) is 19.3 Å². The third kappa shape index (κ3) is 29.2. The monoisotopic (exact) mass is 1090 g/mol. The minimum atomic E-state index is -2.37. The third-order valence-electron chi connectivity index (χ3n) is 12.4. The van der Waals surface area contributed by atoms with Gasteiger partial charge in [0.2, 0.25) is 46.6 Å². The van der Waals surface area contributed by atoms with Gasteiger partial charge in [0.15, 0.2) is 0 Å². The fourth-order valence-electron chi connectivity index (χ4n) is 8.03. The van der Waals surface area contributed by atoms with E-state index in [-0.39, 0.29) is 110 Å². The molecule has 0 bridgehead atoms. The molecular weight excluding hydrogens is 1010 g/mol. The van der Waals surface area contributed by atoms with Crippen molar-refractivity contribution < 1.29 is 79.1 Å². The summed E-state index contributed by atoms with van der Waals surface area (Å²) < 4.78 is 104. The van der Waals surface area contributed by atoms with Gasteiger partial charge in [-0.05, 0) is 36.8 Å². The molecule has 3 aromatic rings. The minimum absolute atomic E-state index is 0.0112. The number of halogens is 5. The average molecular weight is 1090 g/mol. The standard InChI is InChI=1S/C58H81F5N2O12/c1-2-3-4-5-6-7-11-14-23-34-65(49(67)28-21-12-9-8-10-13-22-29-50(68)75-43-45-24-17-15-18-25-45)47(58(70)76-44-46-26-19-16-20-27-46)30-31-48(66)64-33-36-72-38-40-74-42-41-73-39-37-71-35-32-51(69)77-57-55(62)53(60)52(59)54(61)56(57)63/h15-20,24-27,47H,2-14,21-23,28-44H2,1H3,(H,64,66)/t47-/m0/s1. The van der Waals surface area contributed by atoms with Gasteiger partial charge >= 0.3 is 17.9 Å². The van der Waals surface area contributed by atoms with Crippen molar-refractivity contribution in [1.29, 1.82) is 0 Å². The number of nitrogens with one attached hydrogen (secondary N) is 1. The smallest absolute Gasteiger partial charge is 0.329 e. The number of hydrogen-bond donors (Lipinski definition) is 1. The van der Waals surface area contributed by atoms with Crippen molar-refractivity contribution in [2.75, 3.05) is 65.9 Å². The van der Waals surface area contributed by atoms with E-state index in [9.17, 15) is 45.9 Å². The van der Waals surface area contributed by atoms with Gasteiger partial charge in [-0.1, -0.05) is 151 Å². The minimum Gasteiger partial charge on any atom is -0.461 e. The normalized spacial score (nSPS) is 11.6. The predicted octanol–water partition coefficient (Wildman–Crippen LogP) is 11.4. The summed E-state index contributed by atoms with van der Waals surface area (Å²) in [5, 5.41) is 2.83. The second kappa shape index (κ2) is 41.6. The Labute approximate surface area is 451 Å². The van der Waals surface area contributed by atoms with Crippen molar-refractivity contribution in [3.8, 4) is 5.75 Å². The summed E-state index contributed by atoms with van der Waals surface area (Å²) in [5.41, 5.74) is 1.77. The number of nitrogens with zero attached hydrogens (tertiary/aromatic N) is 1. The average Bonchev–Trinajstić information content (AvgIpc) is 3.44. The molecule has 14 nitrogen and oxygen atoms in total. The highest BCUT2D eigenvalue weighted by atomic mass is 19.2. The van der Waals surface area contributed by atoms with Crippen molar-refractivity contribution in [1.82, 2.24) is 10.2 Å². The topological polar surface area (TPSA) is 165 Å². The molecule has 0 saturated heterocycles. The van der Waals surface area contributed by atoms with Crippen LogP contribution in [0.1, 0.15) is 153 Å². The highest BCUT2D eigenvalue weighted by Crippen LogP contribution is 2.29. The van der Waals surface area contributed by atoms with Gasteiger partial charge in [-0.2, -0.15) is 8.78 Å². The van der Waals surface area contributed by atoms with Crippen LogP contribution in [0, 0.1) is 29.1 Å². The molecule has 1 N–H and O–H groups in total. The van der Waals surface area contributed by atoms with Gasteiger partial charge in [-0.15, -0.1) is 0 Å². The molecule has 0 heterocycles. The molecule has 0 radical (unpaired) electrons. The van der Waals surface area contributed by atoms with E-state index < -0.39 is 59.2 Å². The van der Waals surface area contributed by atoms with E-state index in [4.69, 9.17) is 28.4 Å². The molecule has 0 aliphatic rings. The first-order chi connectivity index (χ1) is 37.4. The fourth-order valence-corrected chi connectivity index (χ4v) is 8.03. The molecule has 2 amide bonds. The van der Waals surface area contributed by atoms with Crippen LogP contribution in [0.15, 0.2) is 60.7 Å². The van der Waals surface area contributed by atoms with Crippen molar-refractivity contribution in [3.63, 3.8) is 0 Å². The van der Waals surface area contributed by atoms with Crippen molar-refractivity contribution in [3.05, 3.63) is 101 Å². The van der Waals surface area contributed by atoms with Gasteiger partial charge in [-0.25, -0.2) is 18.0 Å². The van der Waals surface area contributed by atoms with Crippen molar-refractivity contribution >= 4 is 29.7 Å². The van der Waals surface area contributed by atoms with Crippen LogP contribution in [0.25, 0.3) is 0 Å². The summed E-state index contributed by atoms with van der Waals surface area (Å²) in [6, 6.07) is 18.0. The molecule has 0 spiro atoms. The zero-order valence-corrected chi connectivity index (χ0v) is 44.9. The van der Waals surface area contributed by atoms with E-state index in [2.05, 4.69) is 17.0 Å². The van der Waals surface area contributed by atoms with Crippen LogP contribution in [0.5, 0.6) is 5.75 Å². The molecule has 0 aliphatic heterocycles. The van der Waals surface area contributed by atoms with Gasteiger partial charge in [0, 0.05) is 32.4 Å². The molecule has 0 aromatic heterocycles. The third-order valence-corrected chi connectivity index (χ3v) is 12.4. The lowest BCUT2D eigenvalue weighted by Crippen LogP contribution is -2.47. The maximum atomic E-state index is 14.1. The molecular formula is C58H81F5N2O12. The van der Waals surface area contributed by atoms with E-state index in [1.54, 1.807) is 4.90 Å². The molecule has 430 valence electrons. The van der Waals surface area contributed by atoms with E-state index in [0.29, 0.717) is 19.4 Å². The lowest BCUT2D eigenvalue weighted by molar-refractivity contribution is -0.157. The van der Waals surface area contributed by atoms with E-state index >= 15 is 0 Å². The number of carbonyl (C=O) groups is 5. The number of rotatable bonds is 45. The zero-order valence-electron chi connectivity index (χ0n) is 44.9. The van der Waals surface area contributed by atoms with Crippen molar-refractivity contribution in [2.45, 2.75) is 161 Å². The first kappa shape index (κ1) is 65.8. The van der Waals surface area contributed by atoms with Gasteiger partial charge in [0.05, 0.1) is 59.3 Å². The predicted molar refractivity (Wildman–Crippen MR) is 279 cm³/mol. The Balaban J connectivity index is 1.36. The first-order valence-electron chi connectivity index (χ1n) is 27.4. The van der Waals surface area contributed by atoms with Gasteiger partial charge < -0.3 is 43.4 Å². The van der Waals surface area contributed by atoms with Crippen molar-refractivity contribution in [2.24, 2.45) is 0 Å². The Hall–Kier alpha value is -5.50. The Morgan fingerprint density at radius 1 is 0.481 bits per heavy atom. The van der Waals surface area contributed by atoms with Crippen LogP contribution in [-0.4, -0.2) is 107 Å². The zero-order chi connectivity index (χ0) is 55.7. The van der Waals surface area contributed by atoms with Gasteiger partial charge in [0.25, 0.3) is 0 Å². The number of esters is 3. The maximum Gasteiger partial charge on any atom is 0.329 e. The highest BCUT2D eigenvalue weighted by Gasteiger charge is 2.32. The second-order valence-corrected chi connectivity index (χ2v) is 18.6. The molecule has 1 atom stereocenters. The van der Waals surface area contributed by atoms with E-state index in [1.807, 2.05) is 60.7 Å². The van der Waals surface area contributed by atoms with Crippen LogP contribution in [0.4, 0.5) is 22.0 Å². The number of amides is 2. The second-order valence-electron chi connectivity index (χ2n) is 18.6. The summed E-state index contributed by atoms with van der Waals surface area (Å²) in [5.74, 6) is -15.4. The fraction of sp³-hybridized carbons (Fsp3) is 0.603. The Bertz CT molecular complexity index is 2090. The summed E-state index contributed by atoms with van der Waals surface area (Å²) in [4.78, 5) is 66.7. The Kier molecular flexibility index (Phi) is 35.5. The molecule has 77 heavy (non-hydrogen) atoms. The van der Waals surface area contributed by atoms with Crippen LogP contribution < -0.4 is 10.1 Å². The number of unbranched alkanes of at least 4 members (excludes halogenated alkanes) is 14. The Morgan fingerprint density at radius 3 is 1.48 bits per heavy atom. The lowest BCUT2D eigenvalue weighted by Gasteiger charge is -2.31. The molecule has 3 rings (SSSR count). The lowest BCUT2D eigenvalue weighted by atomic mass is 10.0. The number of ether oxygens (including phenoxy) is 7. The SMILES string of the molecule is CCCCCCCCCCCN(C(=O)CCCCCCCCCC(=O)OCc1ccccc1)[C@@H](CCC(=O)NCCOCCOCCOCCOCCC(=O)Oc1c(F)c(F)c(F)c(F)c1F)C(=O)OCc1ccccc1. The molecule has 0 saturated carbocycles. The molecule has 0 unspecified atom stereocenters. The molecule has 19 heteroatoms. The van der Waals surface area contributed by atoms with E-state index in [0.717, 1.165) is 75.3 Å². The largest absolute Gasteiger partial charge is 0.461 e. The first-order valence-corrected chi connectivity index (χ1v) is 27.4. The molecule has 0 aliphatic carbocycles. The number of carbonyl (C=O) groups excluding carboxylic acids is 5. The van der Waals surface area contributed by atoms with Crippen LogP contribution in [0.2, 0.25) is 0 Å². The number of hydrogen-bond acceptors (Lipinski definition) is 12. The number of benzene rings is 3. The quantitative estimate of drug-likeness (QED) is 0.0142. The summed E-state index contributed by atoms with van der Waals surface area (Å²) in [6.07, 6.45) is 16.2. The van der Waals surface area contributed by atoms with E-state index in [1.165, 1.54) is 32.1 Å². The maximum absolute atomic E-state index is 14.1. The summed E-state index contributed by atoms with van der Waals surface area (Å²) in [7, 11) is 0. The van der Waals surface area contributed by atoms with Crippen LogP contribution >= 0.6 is 0 Å². The highest BCUT2D eigenvalue weighted by molar-refractivity contribution is 5.85. The summed E-state index contributed by atoms with van der Waals surface area (Å²) in [6.45, 7) is 4.09. The van der Waals surface area contributed by atoms with Crippen LogP contribution in [-0.2, 0) is 65.6 Å². The Morgan fingerprint density at radius 2 is 0.935 bits per heavy atom.